The number of aromatic nitrogens is 1. The number of alkyl halides is 3. The largest absolute Gasteiger partial charge is 0.493 e. The third-order valence-electron chi connectivity index (χ3n) is 8.14. The monoisotopic (exact) mass is 730 g/mol. The van der Waals surface area contributed by atoms with E-state index in [1.807, 2.05) is 0 Å². The predicted octanol–water partition coefficient (Wildman–Crippen LogP) is 4.11. The first-order valence-electron chi connectivity index (χ1n) is 16.0. The Labute approximate surface area is 296 Å². The summed E-state index contributed by atoms with van der Waals surface area (Å²) in [5.74, 6) is -8.79. The number of amides is 1. The molecular weight excluding hydrogens is 693 g/mol. The van der Waals surface area contributed by atoms with Crippen LogP contribution in [0.5, 0.6) is 11.5 Å². The molecule has 0 unspecified atom stereocenters. The van der Waals surface area contributed by atoms with E-state index in [-0.39, 0.29) is 12.2 Å². The zero-order valence-corrected chi connectivity index (χ0v) is 28.8. The number of hydrogen-bond donors (Lipinski definition) is 1. The molecule has 1 amide bonds. The first kappa shape index (κ1) is 39.3. The normalized spacial score (nSPS) is 20.6. The van der Waals surface area contributed by atoms with Gasteiger partial charge in [0, 0.05) is 24.9 Å². The average molecular weight is 731 g/mol. The van der Waals surface area contributed by atoms with Gasteiger partial charge < -0.3 is 33.7 Å². The summed E-state index contributed by atoms with van der Waals surface area (Å²) in [5, 5.41) is 2.28. The molecule has 1 fully saturated rings. The summed E-state index contributed by atoms with van der Waals surface area (Å²) in [6.07, 6.45) is -6.77. The Morgan fingerprint density at radius 2 is 1.60 bits per heavy atom. The lowest BCUT2D eigenvalue weighted by molar-refractivity contribution is -0.272. The number of pyridine rings is 1. The number of esters is 4. The molecule has 13 nitrogen and oxygen atoms in total. The van der Waals surface area contributed by atoms with Crippen LogP contribution in [0.4, 0.5) is 13.2 Å². The van der Waals surface area contributed by atoms with Gasteiger partial charge in [-0.1, -0.05) is 74.5 Å². The van der Waals surface area contributed by atoms with Gasteiger partial charge in [0.05, 0.1) is 13.0 Å². The Kier molecular flexibility index (Phi) is 12.6. The number of benzene rings is 2. The van der Waals surface area contributed by atoms with Gasteiger partial charge in [0.2, 0.25) is 5.75 Å². The van der Waals surface area contributed by atoms with Gasteiger partial charge in [-0.3, -0.25) is 14.4 Å². The highest BCUT2D eigenvalue weighted by atomic mass is 19.4. The second-order valence-corrected chi connectivity index (χ2v) is 12.0. The van der Waals surface area contributed by atoms with E-state index in [9.17, 15) is 37.1 Å². The van der Waals surface area contributed by atoms with Crippen LogP contribution in [0.1, 0.15) is 42.4 Å². The van der Waals surface area contributed by atoms with Gasteiger partial charge in [-0.15, -0.1) is 0 Å². The summed E-state index contributed by atoms with van der Waals surface area (Å²) in [6.45, 7) is 3.81. The van der Waals surface area contributed by atoms with Crippen LogP contribution < -0.4 is 14.8 Å². The number of carbonyl (C=O) groups is 5. The van der Waals surface area contributed by atoms with Crippen molar-refractivity contribution in [3.8, 4) is 11.5 Å². The molecular formula is C36H37F3N2O11. The van der Waals surface area contributed by atoms with E-state index in [0.717, 1.165) is 31.5 Å². The predicted molar refractivity (Wildman–Crippen MR) is 174 cm³/mol. The fraction of sp³-hybridized carbons (Fsp3) is 0.389. The lowest BCUT2D eigenvalue weighted by Gasteiger charge is -2.32. The maximum absolute atomic E-state index is 14.6. The minimum Gasteiger partial charge on any atom is -0.493 e. The molecule has 0 radical (unpaired) electrons. The molecule has 278 valence electrons. The minimum atomic E-state index is -5.35. The van der Waals surface area contributed by atoms with Gasteiger partial charge in [-0.25, -0.2) is 14.6 Å². The SMILES string of the molecule is COc1ccnc(C(=O)N[C@H]2COC(=O)[C@H](Cc3ccccc3)[C@@H](OC(=O)C(C)C)[C@H](C)OC2=O)c1OC(=O)[C@@](OC)(c1ccccc1)C(F)(F)F. The summed E-state index contributed by atoms with van der Waals surface area (Å²) >= 11 is 0. The van der Waals surface area contributed by atoms with Crippen molar-refractivity contribution in [2.75, 3.05) is 20.8 Å². The molecule has 16 heteroatoms. The van der Waals surface area contributed by atoms with Crippen LogP contribution in [0.25, 0.3) is 0 Å². The molecule has 0 spiro atoms. The Morgan fingerprint density at radius 1 is 0.962 bits per heavy atom. The van der Waals surface area contributed by atoms with Crippen molar-refractivity contribution in [1.29, 1.82) is 0 Å². The molecule has 1 aliphatic rings. The highest BCUT2D eigenvalue weighted by Gasteiger charge is 2.64. The summed E-state index contributed by atoms with van der Waals surface area (Å²) < 4.78 is 75.6. The summed E-state index contributed by atoms with van der Waals surface area (Å²) in [6, 6.07) is 14.2. The Hall–Kier alpha value is -5.51. The molecule has 1 saturated heterocycles. The molecule has 2 aromatic carbocycles. The van der Waals surface area contributed by atoms with E-state index >= 15 is 0 Å². The van der Waals surface area contributed by atoms with Crippen LogP contribution in [-0.2, 0) is 50.1 Å². The first-order valence-corrected chi connectivity index (χ1v) is 16.0. The minimum absolute atomic E-state index is 0.0426. The maximum atomic E-state index is 14.6. The molecule has 4 rings (SSSR count). The number of cyclic esters (lactones) is 2. The fourth-order valence-corrected chi connectivity index (χ4v) is 5.38. The zero-order valence-electron chi connectivity index (χ0n) is 28.8. The van der Waals surface area contributed by atoms with E-state index in [4.69, 9.17) is 28.4 Å². The van der Waals surface area contributed by atoms with Crippen LogP contribution in [0, 0.1) is 11.8 Å². The van der Waals surface area contributed by atoms with Gasteiger partial charge in [-0.2, -0.15) is 13.2 Å². The van der Waals surface area contributed by atoms with Gasteiger partial charge in [0.15, 0.2) is 23.6 Å². The van der Waals surface area contributed by atoms with E-state index in [1.54, 1.807) is 44.2 Å². The van der Waals surface area contributed by atoms with Crippen molar-refractivity contribution >= 4 is 29.8 Å². The number of halogens is 3. The highest BCUT2D eigenvalue weighted by molar-refractivity contribution is 5.99. The average Bonchev–Trinajstić information content (AvgIpc) is 3.14. The summed E-state index contributed by atoms with van der Waals surface area (Å²) in [7, 11) is 1.77. The second kappa shape index (κ2) is 16.7. The molecule has 1 aromatic heterocycles. The number of carbonyl (C=O) groups excluding carboxylic acids is 5. The van der Waals surface area contributed by atoms with Gasteiger partial charge >= 0.3 is 30.1 Å². The number of nitrogens with one attached hydrogen (secondary N) is 1. The van der Waals surface area contributed by atoms with Crippen molar-refractivity contribution < 1.29 is 65.6 Å². The van der Waals surface area contributed by atoms with E-state index in [0.29, 0.717) is 12.7 Å². The Bertz CT molecular complexity index is 1760. The number of hydrogen-bond acceptors (Lipinski definition) is 12. The molecule has 0 aliphatic carbocycles. The number of methoxy groups -OCH3 is 2. The van der Waals surface area contributed by atoms with Gasteiger partial charge in [0.25, 0.3) is 11.5 Å². The van der Waals surface area contributed by atoms with E-state index < -0.39 is 95.3 Å². The number of nitrogens with zero attached hydrogens (tertiary/aromatic N) is 1. The van der Waals surface area contributed by atoms with Crippen molar-refractivity contribution in [2.24, 2.45) is 11.8 Å². The first-order chi connectivity index (χ1) is 24.6. The molecule has 0 bridgehead atoms. The van der Waals surface area contributed by atoms with Crippen molar-refractivity contribution in [3.63, 3.8) is 0 Å². The molecule has 1 aliphatic heterocycles. The maximum Gasteiger partial charge on any atom is 0.432 e. The quantitative estimate of drug-likeness (QED) is 0.222. The molecule has 2 heterocycles. The van der Waals surface area contributed by atoms with Crippen LogP contribution >= 0.6 is 0 Å². The second-order valence-electron chi connectivity index (χ2n) is 12.0. The van der Waals surface area contributed by atoms with Crippen LogP contribution in [0.3, 0.4) is 0 Å². The number of rotatable bonds is 11. The molecule has 0 saturated carbocycles. The van der Waals surface area contributed by atoms with Gasteiger partial charge in [0.1, 0.15) is 18.6 Å². The van der Waals surface area contributed by atoms with Crippen LogP contribution in [0.15, 0.2) is 72.9 Å². The Morgan fingerprint density at radius 3 is 2.17 bits per heavy atom. The molecule has 52 heavy (non-hydrogen) atoms. The molecule has 5 atom stereocenters. The lowest BCUT2D eigenvalue weighted by Crippen LogP contribution is -2.53. The van der Waals surface area contributed by atoms with Crippen molar-refractivity contribution in [2.45, 2.75) is 57.2 Å². The van der Waals surface area contributed by atoms with Crippen LogP contribution in [-0.4, -0.2) is 80.0 Å². The highest BCUT2D eigenvalue weighted by Crippen LogP contribution is 2.44. The van der Waals surface area contributed by atoms with E-state index in [1.165, 1.54) is 25.1 Å². The van der Waals surface area contributed by atoms with E-state index in [2.05, 4.69) is 10.3 Å². The summed E-state index contributed by atoms with van der Waals surface area (Å²) in [5.41, 5.74) is -4.33. The third-order valence-corrected chi connectivity index (χ3v) is 8.14. The number of ether oxygens (including phenoxy) is 6. The summed E-state index contributed by atoms with van der Waals surface area (Å²) in [4.78, 5) is 70.6. The topological polar surface area (TPSA) is 166 Å². The fourth-order valence-electron chi connectivity index (χ4n) is 5.38. The van der Waals surface area contributed by atoms with Crippen molar-refractivity contribution in [3.05, 3.63) is 89.7 Å². The smallest absolute Gasteiger partial charge is 0.432 e. The Balaban J connectivity index is 1.66. The lowest BCUT2D eigenvalue weighted by atomic mass is 9.91. The molecule has 1 N–H and O–H groups in total. The standard InChI is InChI=1S/C36H37F3N2O11/c1-20(2)31(43)51-28-21(3)50-33(45)25(19-49-32(44)24(28)18-22-12-8-6-9-13-22)41-30(42)27-29(26(47-4)16-17-40-27)52-34(46)35(48-5,36(37,38)39)23-14-10-7-11-15-23/h6-17,20-21,24-25,28H,18-19H2,1-5H3,(H,41,42)/t21-,24+,25-,28-,35-/m0/s1. The molecule has 3 aromatic rings. The van der Waals surface area contributed by atoms with Gasteiger partial charge in [-0.05, 0) is 18.9 Å². The van der Waals surface area contributed by atoms with Crippen molar-refractivity contribution in [1.82, 2.24) is 10.3 Å². The zero-order chi connectivity index (χ0) is 38.2. The third kappa shape index (κ3) is 8.50. The van der Waals surface area contributed by atoms with Crippen LogP contribution in [0.2, 0.25) is 0 Å².